The third-order valence-electron chi connectivity index (χ3n) is 1.57. The second-order valence-electron chi connectivity index (χ2n) is 2.48. The fourth-order valence-corrected chi connectivity index (χ4v) is 0.920. The van der Waals surface area contributed by atoms with E-state index in [0.29, 0.717) is 6.54 Å². The summed E-state index contributed by atoms with van der Waals surface area (Å²) >= 11 is 0. The van der Waals surface area contributed by atoms with Gasteiger partial charge >= 0.3 is 0 Å². The third kappa shape index (κ3) is 2.10. The van der Waals surface area contributed by atoms with Crippen LogP contribution in [0.3, 0.4) is 0 Å². The van der Waals surface area contributed by atoms with Crippen LogP contribution in [0.25, 0.3) is 0 Å². The zero-order valence-electron chi connectivity index (χ0n) is 5.83. The Morgan fingerprint density at radius 1 is 1.40 bits per heavy atom. The lowest BCUT2D eigenvalue weighted by atomic mass is 10.1. The predicted molar refractivity (Wildman–Crippen MR) is 38.6 cm³/mol. The lowest BCUT2D eigenvalue weighted by Crippen LogP contribution is -2.36. The fourth-order valence-electron chi connectivity index (χ4n) is 0.920. The van der Waals surface area contributed by atoms with Gasteiger partial charge in [0.15, 0.2) is 0 Å². The van der Waals surface area contributed by atoms with Gasteiger partial charge in [-0.25, -0.2) is 0 Å². The van der Waals surface area contributed by atoms with Crippen LogP contribution >= 0.6 is 0 Å². The number of nitrogens with one attached hydrogen (secondary N) is 1. The van der Waals surface area contributed by atoms with Crippen LogP contribution in [-0.4, -0.2) is 35.5 Å². The lowest BCUT2D eigenvalue weighted by Gasteiger charge is -2.17. The van der Waals surface area contributed by atoms with E-state index in [-0.39, 0.29) is 0 Å². The van der Waals surface area contributed by atoms with Crippen molar-refractivity contribution in [3.63, 3.8) is 0 Å². The van der Waals surface area contributed by atoms with Gasteiger partial charge in [0, 0.05) is 6.54 Å². The molecule has 3 heteroatoms. The second-order valence-corrected chi connectivity index (χ2v) is 2.48. The van der Waals surface area contributed by atoms with Gasteiger partial charge in [0.05, 0.1) is 12.2 Å². The molecule has 0 radical (unpaired) electrons. The van der Waals surface area contributed by atoms with Crippen LogP contribution in [0.2, 0.25) is 0 Å². The number of aliphatic hydroxyl groups is 2. The Hall–Kier alpha value is -0.380. The van der Waals surface area contributed by atoms with Gasteiger partial charge in [-0.2, -0.15) is 0 Å². The van der Waals surface area contributed by atoms with E-state index in [2.05, 4.69) is 5.32 Å². The average Bonchev–Trinajstić information content (AvgIpc) is 1.92. The van der Waals surface area contributed by atoms with Crippen LogP contribution in [0.4, 0.5) is 0 Å². The van der Waals surface area contributed by atoms with Gasteiger partial charge in [0.25, 0.3) is 0 Å². The molecule has 1 heterocycles. The summed E-state index contributed by atoms with van der Waals surface area (Å²) < 4.78 is 0. The van der Waals surface area contributed by atoms with E-state index in [1.807, 2.05) is 6.08 Å². The van der Waals surface area contributed by atoms with Crippen LogP contribution < -0.4 is 5.32 Å². The highest BCUT2D eigenvalue weighted by Crippen LogP contribution is 1.98. The Labute approximate surface area is 60.4 Å². The second kappa shape index (κ2) is 3.71. The molecule has 0 aromatic rings. The van der Waals surface area contributed by atoms with Crippen LogP contribution in [0.1, 0.15) is 6.42 Å². The molecule has 1 aliphatic heterocycles. The molecule has 0 saturated heterocycles. The monoisotopic (exact) mass is 143 g/mol. The minimum absolute atomic E-state index is 0.478. The Morgan fingerprint density at radius 3 is 3.00 bits per heavy atom. The molecule has 0 unspecified atom stereocenters. The molecule has 0 aromatic heterocycles. The van der Waals surface area contributed by atoms with E-state index < -0.39 is 12.2 Å². The highest BCUT2D eigenvalue weighted by Gasteiger charge is 2.12. The zero-order valence-corrected chi connectivity index (χ0v) is 5.83. The summed E-state index contributed by atoms with van der Waals surface area (Å²) in [5.74, 6) is 0. The minimum Gasteiger partial charge on any atom is -0.389 e. The molecule has 0 aromatic carbocycles. The third-order valence-corrected chi connectivity index (χ3v) is 1.57. The summed E-state index contributed by atoms with van der Waals surface area (Å²) in [5.41, 5.74) is 0. The van der Waals surface area contributed by atoms with E-state index in [9.17, 15) is 0 Å². The largest absolute Gasteiger partial charge is 0.389 e. The number of hydrogen-bond donors (Lipinski definition) is 3. The van der Waals surface area contributed by atoms with E-state index in [0.717, 1.165) is 13.0 Å². The maximum Gasteiger partial charge on any atom is 0.0992 e. The normalized spacial score (nSPS) is 38.2. The molecule has 0 spiro atoms. The first-order valence-electron chi connectivity index (χ1n) is 3.54. The molecule has 0 saturated carbocycles. The lowest BCUT2D eigenvalue weighted by molar-refractivity contribution is 0.0479. The van der Waals surface area contributed by atoms with Gasteiger partial charge in [-0.3, -0.25) is 0 Å². The Kier molecular flexibility index (Phi) is 2.86. The summed E-state index contributed by atoms with van der Waals surface area (Å²) in [7, 11) is 0. The molecule has 58 valence electrons. The molecular weight excluding hydrogens is 130 g/mol. The fraction of sp³-hybridized carbons (Fsp3) is 0.714. The van der Waals surface area contributed by atoms with Gasteiger partial charge in [-0.15, -0.1) is 0 Å². The van der Waals surface area contributed by atoms with E-state index >= 15 is 0 Å². The molecule has 0 bridgehead atoms. The van der Waals surface area contributed by atoms with Crippen LogP contribution in [0, 0.1) is 0 Å². The van der Waals surface area contributed by atoms with Crippen molar-refractivity contribution in [3.05, 3.63) is 12.2 Å². The van der Waals surface area contributed by atoms with Gasteiger partial charge in [-0.1, -0.05) is 12.2 Å². The molecule has 3 N–H and O–H groups in total. The van der Waals surface area contributed by atoms with E-state index in [1.165, 1.54) is 0 Å². The molecule has 0 aliphatic carbocycles. The quantitative estimate of drug-likeness (QED) is 0.391. The Morgan fingerprint density at radius 2 is 2.20 bits per heavy atom. The van der Waals surface area contributed by atoms with Gasteiger partial charge in [0.1, 0.15) is 0 Å². The van der Waals surface area contributed by atoms with Crippen molar-refractivity contribution in [3.8, 4) is 0 Å². The first-order chi connectivity index (χ1) is 4.80. The van der Waals surface area contributed by atoms with Gasteiger partial charge in [0.2, 0.25) is 0 Å². The summed E-state index contributed by atoms with van der Waals surface area (Å²) in [6.07, 6.45) is 3.08. The number of aliphatic hydroxyl groups excluding tert-OH is 2. The van der Waals surface area contributed by atoms with Crippen molar-refractivity contribution < 1.29 is 10.2 Å². The maximum atomic E-state index is 9.12. The van der Waals surface area contributed by atoms with Crippen molar-refractivity contribution in [2.24, 2.45) is 0 Å². The Balaban J connectivity index is 2.44. The van der Waals surface area contributed by atoms with Crippen molar-refractivity contribution in [2.45, 2.75) is 18.6 Å². The number of hydrogen-bond acceptors (Lipinski definition) is 3. The Bertz CT molecular complexity index is 125. The first kappa shape index (κ1) is 7.72. The number of rotatable bonds is 0. The molecular formula is C7H13NO2. The highest BCUT2D eigenvalue weighted by atomic mass is 16.3. The predicted octanol–water partition coefficient (Wildman–Crippen LogP) is -0.742. The van der Waals surface area contributed by atoms with E-state index in [4.69, 9.17) is 10.2 Å². The molecule has 2 atom stereocenters. The highest BCUT2D eigenvalue weighted by molar-refractivity contribution is 4.94. The van der Waals surface area contributed by atoms with Crippen LogP contribution in [0.15, 0.2) is 12.2 Å². The summed E-state index contributed by atoms with van der Waals surface area (Å²) in [6.45, 7) is 1.35. The van der Waals surface area contributed by atoms with Crippen molar-refractivity contribution in [2.75, 3.05) is 13.1 Å². The van der Waals surface area contributed by atoms with Crippen molar-refractivity contribution in [1.29, 1.82) is 0 Å². The van der Waals surface area contributed by atoms with E-state index in [1.54, 1.807) is 6.08 Å². The van der Waals surface area contributed by atoms with Gasteiger partial charge < -0.3 is 15.5 Å². The smallest absolute Gasteiger partial charge is 0.0992 e. The van der Waals surface area contributed by atoms with Crippen LogP contribution in [-0.2, 0) is 0 Å². The summed E-state index contributed by atoms with van der Waals surface area (Å²) in [6, 6.07) is 0. The average molecular weight is 143 g/mol. The maximum absolute atomic E-state index is 9.12. The summed E-state index contributed by atoms with van der Waals surface area (Å²) in [4.78, 5) is 0. The first-order valence-corrected chi connectivity index (χ1v) is 3.54. The van der Waals surface area contributed by atoms with Crippen molar-refractivity contribution >= 4 is 0 Å². The SMILES string of the molecule is O[C@@H]1/C=C\CCNC[C@@H]1O. The minimum atomic E-state index is -0.701. The topological polar surface area (TPSA) is 52.5 Å². The van der Waals surface area contributed by atoms with Crippen LogP contribution in [0.5, 0.6) is 0 Å². The number of β-amino-alcohol motifs (C(OH)–C–C–N with tert-alkyl or cyclic N) is 1. The molecule has 0 fully saturated rings. The zero-order chi connectivity index (χ0) is 7.40. The van der Waals surface area contributed by atoms with Crippen molar-refractivity contribution in [1.82, 2.24) is 5.32 Å². The summed E-state index contributed by atoms with van der Waals surface area (Å²) in [5, 5.41) is 21.2. The standard InChI is InChI=1S/C7H13NO2/c9-6-3-1-2-4-8-5-7(6)10/h1,3,6-10H,2,4-5H2/b3-1-/t6-,7+/m1/s1. The molecule has 1 rings (SSSR count). The molecule has 10 heavy (non-hydrogen) atoms. The molecule has 0 amide bonds. The van der Waals surface area contributed by atoms with Gasteiger partial charge in [-0.05, 0) is 13.0 Å². The molecule has 3 nitrogen and oxygen atoms in total. The molecule has 1 aliphatic rings.